The molecule has 78 valence electrons. The molecule has 2 heterocycles. The van der Waals surface area contributed by atoms with Crippen molar-refractivity contribution >= 4 is 21.7 Å². The first kappa shape index (κ1) is 9.84. The van der Waals surface area contributed by atoms with Crippen LogP contribution in [0.15, 0.2) is 27.5 Å². The molecule has 0 saturated heterocycles. The van der Waals surface area contributed by atoms with Crippen LogP contribution in [0.1, 0.15) is 5.76 Å². The van der Waals surface area contributed by atoms with Crippen molar-refractivity contribution in [3.63, 3.8) is 0 Å². The molecule has 15 heavy (non-hydrogen) atoms. The lowest BCUT2D eigenvalue weighted by atomic mass is 10.5. The molecule has 2 aromatic heterocycles. The second-order valence-corrected chi connectivity index (χ2v) is 3.59. The van der Waals surface area contributed by atoms with Crippen LogP contribution in [0, 0.1) is 10.1 Å². The summed E-state index contributed by atoms with van der Waals surface area (Å²) in [5, 5.41) is 17.8. The Hall–Kier alpha value is -1.70. The van der Waals surface area contributed by atoms with Gasteiger partial charge in [0.15, 0.2) is 5.76 Å². The van der Waals surface area contributed by atoms with Gasteiger partial charge in [-0.2, -0.15) is 4.68 Å². The predicted molar refractivity (Wildman–Crippen MR) is 52.2 cm³/mol. The van der Waals surface area contributed by atoms with Crippen LogP contribution in [0.4, 0.5) is 5.82 Å². The molecule has 0 N–H and O–H groups in total. The van der Waals surface area contributed by atoms with Crippen molar-refractivity contribution < 1.29 is 9.45 Å². The average molecular weight is 273 g/mol. The van der Waals surface area contributed by atoms with Gasteiger partial charge in [-0.05, 0) is 20.9 Å². The quantitative estimate of drug-likeness (QED) is 0.626. The van der Waals surface area contributed by atoms with Crippen LogP contribution in [-0.2, 0) is 6.54 Å². The van der Waals surface area contributed by atoms with Crippen molar-refractivity contribution in [3.8, 4) is 0 Å². The second kappa shape index (κ2) is 3.81. The van der Waals surface area contributed by atoms with Crippen molar-refractivity contribution in [1.82, 2.24) is 14.9 Å². The molecular weight excluding hydrogens is 268 g/mol. The molecule has 0 fully saturated rings. The number of rotatable bonds is 3. The van der Waals surface area contributed by atoms with Crippen molar-refractivity contribution in [2.75, 3.05) is 0 Å². The molecule has 0 bridgehead atoms. The zero-order chi connectivity index (χ0) is 10.8. The van der Waals surface area contributed by atoms with E-state index in [9.17, 15) is 10.1 Å². The van der Waals surface area contributed by atoms with Crippen molar-refractivity contribution in [2.45, 2.75) is 6.54 Å². The Morgan fingerprint density at radius 1 is 1.67 bits per heavy atom. The van der Waals surface area contributed by atoms with Gasteiger partial charge in [-0.3, -0.25) is 0 Å². The van der Waals surface area contributed by atoms with E-state index in [0.717, 1.165) is 0 Å². The summed E-state index contributed by atoms with van der Waals surface area (Å²) in [5.74, 6) is 0.370. The summed E-state index contributed by atoms with van der Waals surface area (Å²) in [4.78, 5) is 9.95. The molecule has 0 aliphatic carbocycles. The lowest BCUT2D eigenvalue weighted by Gasteiger charge is -1.89. The standard InChI is InChI=1S/C7H5BrN4O3/c8-6-4-11(10-7(6)12(13)14)3-5-1-2-9-15-5/h1-2,4H,3H2. The van der Waals surface area contributed by atoms with Gasteiger partial charge in [0, 0.05) is 6.07 Å². The zero-order valence-electron chi connectivity index (χ0n) is 7.33. The monoisotopic (exact) mass is 272 g/mol. The SMILES string of the molecule is O=[N+]([O-])c1nn(Cc2ccno2)cc1Br. The van der Waals surface area contributed by atoms with Crippen LogP contribution in [0.25, 0.3) is 0 Å². The number of hydrogen-bond donors (Lipinski definition) is 0. The predicted octanol–water partition coefficient (Wildman–Crippen LogP) is 1.59. The molecule has 2 rings (SSSR count). The number of halogens is 1. The Bertz CT molecular complexity index is 478. The molecule has 0 radical (unpaired) electrons. The summed E-state index contributed by atoms with van der Waals surface area (Å²) < 4.78 is 6.60. The smallest absolute Gasteiger partial charge is 0.359 e. The third-order valence-electron chi connectivity index (χ3n) is 1.68. The number of nitrogens with zero attached hydrogens (tertiary/aromatic N) is 4. The lowest BCUT2D eigenvalue weighted by molar-refractivity contribution is -0.390. The molecule has 7 nitrogen and oxygen atoms in total. The zero-order valence-corrected chi connectivity index (χ0v) is 8.92. The third kappa shape index (κ3) is 2.04. The molecule has 0 unspecified atom stereocenters. The summed E-state index contributed by atoms with van der Waals surface area (Å²) in [6.07, 6.45) is 3.02. The molecule has 8 heteroatoms. The van der Waals surface area contributed by atoms with Crippen LogP contribution in [-0.4, -0.2) is 19.9 Å². The van der Waals surface area contributed by atoms with E-state index in [4.69, 9.17) is 4.52 Å². The number of nitro groups is 1. The van der Waals surface area contributed by atoms with Crippen LogP contribution < -0.4 is 0 Å². The van der Waals surface area contributed by atoms with E-state index in [-0.39, 0.29) is 5.82 Å². The van der Waals surface area contributed by atoms with E-state index in [1.54, 1.807) is 6.07 Å². The highest BCUT2D eigenvalue weighted by Gasteiger charge is 2.18. The van der Waals surface area contributed by atoms with Crippen LogP contribution >= 0.6 is 15.9 Å². The Balaban J connectivity index is 2.23. The van der Waals surface area contributed by atoms with E-state index in [1.807, 2.05) is 0 Å². The maximum atomic E-state index is 10.5. The molecule has 0 amide bonds. The van der Waals surface area contributed by atoms with E-state index < -0.39 is 4.92 Å². The maximum Gasteiger partial charge on any atom is 0.404 e. The van der Waals surface area contributed by atoms with Gasteiger partial charge in [0.1, 0.15) is 11.0 Å². The number of aromatic nitrogens is 3. The normalized spacial score (nSPS) is 10.5. The van der Waals surface area contributed by atoms with Crippen molar-refractivity contribution in [2.24, 2.45) is 0 Å². The fourth-order valence-electron chi connectivity index (χ4n) is 1.07. The Morgan fingerprint density at radius 2 is 2.47 bits per heavy atom. The van der Waals surface area contributed by atoms with Gasteiger partial charge < -0.3 is 14.6 Å². The topological polar surface area (TPSA) is 87.0 Å². The second-order valence-electron chi connectivity index (χ2n) is 2.73. The summed E-state index contributed by atoms with van der Waals surface area (Å²) >= 11 is 3.05. The molecular formula is C7H5BrN4O3. The van der Waals surface area contributed by atoms with Crippen LogP contribution in [0.5, 0.6) is 0 Å². The van der Waals surface area contributed by atoms with E-state index in [2.05, 4.69) is 26.2 Å². The number of hydrogen-bond acceptors (Lipinski definition) is 5. The summed E-state index contributed by atoms with van der Waals surface area (Å²) in [5.41, 5.74) is 0. The fraction of sp³-hybridized carbons (Fsp3) is 0.143. The average Bonchev–Trinajstić information content (AvgIpc) is 2.75. The van der Waals surface area contributed by atoms with Gasteiger partial charge in [0.25, 0.3) is 0 Å². The Labute approximate surface area is 91.9 Å². The van der Waals surface area contributed by atoms with Gasteiger partial charge in [-0.15, -0.1) is 0 Å². The van der Waals surface area contributed by atoms with Crippen molar-refractivity contribution in [1.29, 1.82) is 0 Å². The molecule has 2 aromatic rings. The molecule has 0 aromatic carbocycles. The van der Waals surface area contributed by atoms with Gasteiger partial charge in [-0.1, -0.05) is 5.16 Å². The lowest BCUT2D eigenvalue weighted by Crippen LogP contribution is -2.00. The summed E-state index contributed by atoms with van der Waals surface area (Å²) in [6, 6.07) is 1.67. The molecule has 0 atom stereocenters. The summed E-state index contributed by atoms with van der Waals surface area (Å²) in [7, 11) is 0. The third-order valence-corrected chi connectivity index (χ3v) is 2.24. The minimum absolute atomic E-state index is 0.213. The minimum Gasteiger partial charge on any atom is -0.359 e. The highest BCUT2D eigenvalue weighted by atomic mass is 79.9. The van der Waals surface area contributed by atoms with E-state index in [0.29, 0.717) is 16.8 Å². The fourth-order valence-corrected chi connectivity index (χ4v) is 1.54. The van der Waals surface area contributed by atoms with Gasteiger partial charge >= 0.3 is 5.82 Å². The largest absolute Gasteiger partial charge is 0.404 e. The van der Waals surface area contributed by atoms with E-state index >= 15 is 0 Å². The van der Waals surface area contributed by atoms with Gasteiger partial charge in [0.05, 0.1) is 17.5 Å². The Morgan fingerprint density at radius 3 is 3.00 bits per heavy atom. The first-order chi connectivity index (χ1) is 7.16. The maximum absolute atomic E-state index is 10.5. The first-order valence-corrected chi connectivity index (χ1v) is 4.73. The molecule has 0 saturated carbocycles. The van der Waals surface area contributed by atoms with Crippen molar-refractivity contribution in [3.05, 3.63) is 38.8 Å². The highest BCUT2D eigenvalue weighted by Crippen LogP contribution is 2.22. The van der Waals surface area contributed by atoms with E-state index in [1.165, 1.54) is 17.1 Å². The Kier molecular flexibility index (Phi) is 2.50. The van der Waals surface area contributed by atoms with Gasteiger partial charge in [-0.25, -0.2) is 0 Å². The highest BCUT2D eigenvalue weighted by molar-refractivity contribution is 9.10. The summed E-state index contributed by atoms with van der Waals surface area (Å²) in [6.45, 7) is 0.312. The van der Waals surface area contributed by atoms with Crippen LogP contribution in [0.3, 0.4) is 0 Å². The minimum atomic E-state index is -0.555. The van der Waals surface area contributed by atoms with Gasteiger partial charge in [0.2, 0.25) is 0 Å². The van der Waals surface area contributed by atoms with Crippen LogP contribution in [0.2, 0.25) is 0 Å². The molecule has 0 aliphatic heterocycles. The molecule has 0 aliphatic rings. The first-order valence-electron chi connectivity index (χ1n) is 3.93. The molecule has 0 spiro atoms.